The van der Waals surface area contributed by atoms with E-state index in [4.69, 9.17) is 4.74 Å². The van der Waals surface area contributed by atoms with E-state index in [2.05, 4.69) is 56.4 Å². The second kappa shape index (κ2) is 10.6. The second-order valence-electron chi connectivity index (χ2n) is 8.02. The number of hydrogen-bond donors (Lipinski definition) is 1. The molecule has 0 saturated carbocycles. The fraction of sp³-hybridized carbons (Fsp3) is 0.545. The van der Waals surface area contributed by atoms with E-state index in [1.165, 1.54) is 11.1 Å². The van der Waals surface area contributed by atoms with Gasteiger partial charge in [0.25, 0.3) is 0 Å². The van der Waals surface area contributed by atoms with E-state index in [0.717, 1.165) is 50.7 Å². The normalized spacial score (nSPS) is 21.0. The third-order valence-corrected chi connectivity index (χ3v) is 6.01. The monoisotopic (exact) mass is 524 g/mol. The van der Waals surface area contributed by atoms with Gasteiger partial charge in [-0.3, -0.25) is 14.6 Å². The number of aryl methyl sites for hydroxylation is 1. The molecule has 8 heteroatoms. The molecule has 1 fully saturated rings. The van der Waals surface area contributed by atoms with Crippen LogP contribution in [-0.4, -0.2) is 71.4 Å². The number of halogens is 1. The summed E-state index contributed by atoms with van der Waals surface area (Å²) in [6.07, 6.45) is 5.08. The van der Waals surface area contributed by atoms with Crippen molar-refractivity contribution in [2.24, 2.45) is 12.0 Å². The number of rotatable bonds is 4. The number of aliphatic imine (C=N–C) groups is 1. The summed E-state index contributed by atoms with van der Waals surface area (Å²) in [6, 6.07) is 9.24. The van der Waals surface area contributed by atoms with Crippen molar-refractivity contribution in [3.8, 4) is 0 Å². The van der Waals surface area contributed by atoms with Gasteiger partial charge in [-0.15, -0.1) is 24.0 Å². The molecular formula is C22H33IN6O. The minimum absolute atomic E-state index is 0. The Morgan fingerprint density at radius 3 is 2.83 bits per heavy atom. The third-order valence-electron chi connectivity index (χ3n) is 6.01. The van der Waals surface area contributed by atoms with Crippen LogP contribution in [0, 0.1) is 0 Å². The lowest BCUT2D eigenvalue weighted by Crippen LogP contribution is -2.51. The molecule has 2 atom stereocenters. The van der Waals surface area contributed by atoms with Crippen LogP contribution < -0.4 is 5.32 Å². The first-order valence-electron chi connectivity index (χ1n) is 10.5. The van der Waals surface area contributed by atoms with Crippen molar-refractivity contribution >= 4 is 29.9 Å². The molecule has 1 N–H and O–H groups in total. The van der Waals surface area contributed by atoms with Gasteiger partial charge >= 0.3 is 0 Å². The number of aromatic nitrogens is 2. The average Bonchev–Trinajstić information content (AvgIpc) is 3.20. The third kappa shape index (κ3) is 5.33. The zero-order chi connectivity index (χ0) is 20.2. The molecule has 2 aromatic rings. The average molecular weight is 524 g/mol. The van der Waals surface area contributed by atoms with Crippen molar-refractivity contribution in [3.63, 3.8) is 0 Å². The van der Waals surface area contributed by atoms with E-state index in [1.54, 1.807) is 0 Å². The minimum atomic E-state index is 0. The van der Waals surface area contributed by atoms with Crippen molar-refractivity contribution in [2.75, 3.05) is 39.8 Å². The Labute approximate surface area is 196 Å². The van der Waals surface area contributed by atoms with Gasteiger partial charge in [0.2, 0.25) is 0 Å². The molecular weight excluding hydrogens is 491 g/mol. The number of hydrogen-bond acceptors (Lipinski definition) is 4. The van der Waals surface area contributed by atoms with Gasteiger partial charge in [-0.2, -0.15) is 5.10 Å². The van der Waals surface area contributed by atoms with E-state index in [1.807, 2.05) is 31.2 Å². The van der Waals surface area contributed by atoms with Gasteiger partial charge in [0.1, 0.15) is 6.10 Å². The lowest BCUT2D eigenvalue weighted by molar-refractivity contribution is -0.00813. The Hall–Kier alpha value is -1.65. The highest BCUT2D eigenvalue weighted by atomic mass is 127. The molecule has 2 unspecified atom stereocenters. The summed E-state index contributed by atoms with van der Waals surface area (Å²) in [5.41, 5.74) is 4.07. The minimum Gasteiger partial charge on any atom is -0.370 e. The number of benzene rings is 1. The summed E-state index contributed by atoms with van der Waals surface area (Å²) < 4.78 is 7.79. The maximum absolute atomic E-state index is 5.97. The highest BCUT2D eigenvalue weighted by Gasteiger charge is 2.26. The highest BCUT2D eigenvalue weighted by molar-refractivity contribution is 14.0. The van der Waals surface area contributed by atoms with Crippen molar-refractivity contribution in [3.05, 3.63) is 53.3 Å². The molecule has 7 nitrogen and oxygen atoms in total. The Bertz CT molecular complexity index is 854. The molecule has 0 spiro atoms. The predicted octanol–water partition coefficient (Wildman–Crippen LogP) is 2.43. The largest absolute Gasteiger partial charge is 0.370 e. The molecule has 1 aromatic heterocycles. The number of guanidine groups is 1. The topological polar surface area (TPSA) is 57.9 Å². The highest BCUT2D eigenvalue weighted by Crippen LogP contribution is 2.22. The van der Waals surface area contributed by atoms with Crippen LogP contribution in [0.3, 0.4) is 0 Å². The fourth-order valence-corrected chi connectivity index (χ4v) is 4.24. The molecule has 30 heavy (non-hydrogen) atoms. The quantitative estimate of drug-likeness (QED) is 0.379. The fourth-order valence-electron chi connectivity index (χ4n) is 4.24. The van der Waals surface area contributed by atoms with Crippen LogP contribution in [0.25, 0.3) is 0 Å². The second-order valence-corrected chi connectivity index (χ2v) is 8.02. The zero-order valence-electron chi connectivity index (χ0n) is 18.1. The van der Waals surface area contributed by atoms with Crippen molar-refractivity contribution in [2.45, 2.75) is 32.0 Å². The predicted molar refractivity (Wildman–Crippen MR) is 130 cm³/mol. The van der Waals surface area contributed by atoms with Crippen LogP contribution in [0.4, 0.5) is 0 Å². The van der Waals surface area contributed by atoms with E-state index in [9.17, 15) is 0 Å². The number of fused-ring (bicyclic) bond motifs is 1. The zero-order valence-corrected chi connectivity index (χ0v) is 20.5. The van der Waals surface area contributed by atoms with Crippen molar-refractivity contribution in [1.82, 2.24) is 24.9 Å². The molecule has 2 aliphatic heterocycles. The Kier molecular flexibility index (Phi) is 8.13. The Balaban J connectivity index is 0.00000256. The van der Waals surface area contributed by atoms with Gasteiger partial charge in [-0.25, -0.2) is 0 Å². The van der Waals surface area contributed by atoms with E-state index in [-0.39, 0.29) is 30.1 Å². The van der Waals surface area contributed by atoms with Crippen LogP contribution in [-0.2, 0) is 24.8 Å². The van der Waals surface area contributed by atoms with Crippen LogP contribution in [0.1, 0.15) is 29.7 Å². The summed E-state index contributed by atoms with van der Waals surface area (Å²) in [5, 5.41) is 7.87. The number of ether oxygens (including phenoxy) is 1. The van der Waals surface area contributed by atoms with Crippen LogP contribution in [0.5, 0.6) is 0 Å². The molecule has 4 rings (SSSR count). The number of nitrogens with one attached hydrogen (secondary N) is 1. The SMILES string of the molecule is CN=C(NCC(C)N1CCc2ccccc2C1)N1CCOC(c2cnn(C)c2)C1.I. The molecule has 3 heterocycles. The molecule has 164 valence electrons. The molecule has 2 aliphatic rings. The van der Waals surface area contributed by atoms with Crippen molar-refractivity contribution in [1.29, 1.82) is 0 Å². The molecule has 0 amide bonds. The lowest BCUT2D eigenvalue weighted by Gasteiger charge is -2.37. The van der Waals surface area contributed by atoms with E-state index < -0.39 is 0 Å². The number of morpholine rings is 1. The lowest BCUT2D eigenvalue weighted by atomic mass is 9.99. The van der Waals surface area contributed by atoms with E-state index in [0.29, 0.717) is 12.6 Å². The maximum Gasteiger partial charge on any atom is 0.193 e. The van der Waals surface area contributed by atoms with Gasteiger partial charge in [-0.05, 0) is 24.5 Å². The number of nitrogens with zero attached hydrogens (tertiary/aromatic N) is 5. The first kappa shape index (κ1) is 23.0. The molecule has 0 bridgehead atoms. The molecule has 1 saturated heterocycles. The standard InChI is InChI=1S/C22H32N6O.HI/c1-17(27-9-8-18-6-4-5-7-19(18)15-27)12-24-22(23-2)28-10-11-29-21(16-28)20-13-25-26(3)14-20;/h4-7,13-14,17,21H,8-12,15-16H2,1-3H3,(H,23,24);1H. The van der Waals surface area contributed by atoms with Crippen molar-refractivity contribution < 1.29 is 4.74 Å². The summed E-state index contributed by atoms with van der Waals surface area (Å²) in [6.45, 7) is 7.64. The summed E-state index contributed by atoms with van der Waals surface area (Å²) in [7, 11) is 3.80. The van der Waals surface area contributed by atoms with Crippen LogP contribution in [0.15, 0.2) is 41.7 Å². The first-order valence-corrected chi connectivity index (χ1v) is 10.5. The summed E-state index contributed by atoms with van der Waals surface area (Å²) >= 11 is 0. The first-order chi connectivity index (χ1) is 14.1. The van der Waals surface area contributed by atoms with E-state index >= 15 is 0 Å². The van der Waals surface area contributed by atoms with Crippen LogP contribution in [0.2, 0.25) is 0 Å². The van der Waals surface area contributed by atoms with Crippen LogP contribution >= 0.6 is 24.0 Å². The van der Waals surface area contributed by atoms with Gasteiger partial charge in [0, 0.05) is 58.1 Å². The van der Waals surface area contributed by atoms with Gasteiger partial charge in [0.15, 0.2) is 5.96 Å². The summed E-state index contributed by atoms with van der Waals surface area (Å²) in [4.78, 5) is 9.38. The molecule has 0 aliphatic carbocycles. The van der Waals surface area contributed by atoms with Gasteiger partial charge in [0.05, 0.1) is 19.3 Å². The Morgan fingerprint density at radius 1 is 1.30 bits per heavy atom. The molecule has 1 aromatic carbocycles. The maximum atomic E-state index is 5.97. The molecule has 0 radical (unpaired) electrons. The Morgan fingerprint density at radius 2 is 2.10 bits per heavy atom. The van der Waals surface area contributed by atoms with Gasteiger partial charge in [-0.1, -0.05) is 24.3 Å². The smallest absolute Gasteiger partial charge is 0.193 e. The van der Waals surface area contributed by atoms with Gasteiger partial charge < -0.3 is 15.0 Å². The summed E-state index contributed by atoms with van der Waals surface area (Å²) in [5.74, 6) is 0.950.